The molecule has 0 unspecified atom stereocenters. The van der Waals surface area contributed by atoms with Gasteiger partial charge >= 0.3 is 0 Å². The highest BCUT2D eigenvalue weighted by atomic mass is 35.5. The van der Waals surface area contributed by atoms with E-state index >= 15 is 0 Å². The minimum Gasteiger partial charge on any atom is -0.351 e. The fraction of sp³-hybridized carbons (Fsp3) is 0.368. The maximum atomic E-state index is 12.7. The maximum absolute atomic E-state index is 12.7. The van der Waals surface area contributed by atoms with Gasteiger partial charge in [0.15, 0.2) is 0 Å². The lowest BCUT2D eigenvalue weighted by molar-refractivity contribution is -0.121. The Balaban J connectivity index is 1.50. The molecule has 1 fully saturated rings. The van der Waals surface area contributed by atoms with E-state index in [2.05, 4.69) is 15.6 Å². The molecule has 3 heterocycles. The fourth-order valence-corrected chi connectivity index (χ4v) is 4.01. The van der Waals surface area contributed by atoms with Crippen LogP contribution < -0.4 is 10.6 Å². The SMILES string of the molecule is CC(=O)NCc1ccc(C(=O)N2CCC(C(=O)Nc3ccc(Cl)cn3)CC2)s1. The van der Waals surface area contributed by atoms with Gasteiger partial charge in [0.1, 0.15) is 5.82 Å². The van der Waals surface area contributed by atoms with Crippen molar-refractivity contribution in [3.8, 4) is 0 Å². The number of nitrogens with one attached hydrogen (secondary N) is 2. The van der Waals surface area contributed by atoms with E-state index in [1.54, 1.807) is 23.1 Å². The second-order valence-electron chi connectivity index (χ2n) is 6.59. The number of amides is 3. The van der Waals surface area contributed by atoms with Gasteiger partial charge in [-0.05, 0) is 37.1 Å². The zero-order valence-electron chi connectivity index (χ0n) is 15.4. The zero-order valence-corrected chi connectivity index (χ0v) is 17.0. The smallest absolute Gasteiger partial charge is 0.263 e. The van der Waals surface area contributed by atoms with E-state index < -0.39 is 0 Å². The molecule has 3 amide bonds. The molecule has 2 aromatic rings. The normalized spacial score (nSPS) is 14.6. The van der Waals surface area contributed by atoms with Crippen LogP contribution in [0, 0.1) is 5.92 Å². The number of thiophene rings is 1. The van der Waals surface area contributed by atoms with Gasteiger partial charge in [-0.3, -0.25) is 14.4 Å². The van der Waals surface area contributed by atoms with Gasteiger partial charge in [-0.2, -0.15) is 0 Å². The van der Waals surface area contributed by atoms with Gasteiger partial charge in [-0.15, -0.1) is 11.3 Å². The van der Waals surface area contributed by atoms with Gasteiger partial charge in [-0.25, -0.2) is 4.98 Å². The van der Waals surface area contributed by atoms with Crippen molar-refractivity contribution in [1.29, 1.82) is 0 Å². The highest BCUT2D eigenvalue weighted by molar-refractivity contribution is 7.14. The first-order valence-electron chi connectivity index (χ1n) is 8.97. The van der Waals surface area contributed by atoms with E-state index in [9.17, 15) is 14.4 Å². The number of carbonyl (C=O) groups excluding carboxylic acids is 3. The fourth-order valence-electron chi connectivity index (χ4n) is 2.98. The van der Waals surface area contributed by atoms with Crippen LogP contribution in [-0.2, 0) is 16.1 Å². The van der Waals surface area contributed by atoms with Crippen LogP contribution in [0.3, 0.4) is 0 Å². The molecular formula is C19H21ClN4O3S. The van der Waals surface area contributed by atoms with Crippen LogP contribution in [0.25, 0.3) is 0 Å². The summed E-state index contributed by atoms with van der Waals surface area (Å²) in [4.78, 5) is 43.5. The molecule has 7 nitrogen and oxygen atoms in total. The number of nitrogens with zero attached hydrogens (tertiary/aromatic N) is 2. The number of anilines is 1. The summed E-state index contributed by atoms with van der Waals surface area (Å²) in [5.41, 5.74) is 0. The molecule has 0 aliphatic carbocycles. The Morgan fingerprint density at radius 2 is 1.96 bits per heavy atom. The van der Waals surface area contributed by atoms with Crippen LogP contribution >= 0.6 is 22.9 Å². The molecule has 0 aromatic carbocycles. The molecule has 1 aliphatic rings. The van der Waals surface area contributed by atoms with Gasteiger partial charge in [0, 0.05) is 37.0 Å². The van der Waals surface area contributed by atoms with E-state index in [4.69, 9.17) is 11.6 Å². The summed E-state index contributed by atoms with van der Waals surface area (Å²) >= 11 is 7.18. The molecule has 2 aromatic heterocycles. The molecular weight excluding hydrogens is 400 g/mol. The highest BCUT2D eigenvalue weighted by Crippen LogP contribution is 2.24. The minimum absolute atomic E-state index is 0.0303. The van der Waals surface area contributed by atoms with Gasteiger partial charge in [0.25, 0.3) is 5.91 Å². The summed E-state index contributed by atoms with van der Waals surface area (Å²) < 4.78 is 0. The summed E-state index contributed by atoms with van der Waals surface area (Å²) in [5, 5.41) is 6.03. The molecule has 1 aliphatic heterocycles. The molecule has 9 heteroatoms. The number of hydrogen-bond acceptors (Lipinski definition) is 5. The lowest BCUT2D eigenvalue weighted by atomic mass is 9.96. The number of halogens is 1. The topological polar surface area (TPSA) is 91.4 Å². The van der Waals surface area contributed by atoms with Crippen molar-refractivity contribution in [3.05, 3.63) is 45.2 Å². The van der Waals surface area contributed by atoms with Gasteiger partial charge < -0.3 is 15.5 Å². The van der Waals surface area contributed by atoms with Crippen molar-refractivity contribution >= 4 is 46.5 Å². The predicted molar refractivity (Wildman–Crippen MR) is 108 cm³/mol. The van der Waals surface area contributed by atoms with Crippen molar-refractivity contribution in [2.24, 2.45) is 5.92 Å². The predicted octanol–water partition coefficient (Wildman–Crippen LogP) is 2.92. The number of hydrogen-bond donors (Lipinski definition) is 2. The largest absolute Gasteiger partial charge is 0.351 e. The van der Waals surface area contributed by atoms with Crippen molar-refractivity contribution < 1.29 is 14.4 Å². The molecule has 0 atom stereocenters. The molecule has 148 valence electrons. The second-order valence-corrected chi connectivity index (χ2v) is 8.20. The first-order valence-corrected chi connectivity index (χ1v) is 10.2. The third-order valence-corrected chi connectivity index (χ3v) is 5.81. The van der Waals surface area contributed by atoms with E-state index in [-0.39, 0.29) is 23.6 Å². The Morgan fingerprint density at radius 1 is 1.21 bits per heavy atom. The van der Waals surface area contributed by atoms with Crippen LogP contribution in [0.15, 0.2) is 30.5 Å². The third-order valence-electron chi connectivity index (χ3n) is 4.52. The van der Waals surface area contributed by atoms with Crippen LogP contribution in [0.4, 0.5) is 5.82 Å². The third kappa shape index (κ3) is 5.30. The lowest BCUT2D eigenvalue weighted by Crippen LogP contribution is -2.41. The zero-order chi connectivity index (χ0) is 20.1. The van der Waals surface area contributed by atoms with E-state index in [1.807, 2.05) is 6.07 Å². The summed E-state index contributed by atoms with van der Waals surface area (Å²) in [7, 11) is 0. The molecule has 3 rings (SSSR count). The lowest BCUT2D eigenvalue weighted by Gasteiger charge is -2.31. The van der Waals surface area contributed by atoms with Crippen LogP contribution in [-0.4, -0.2) is 40.7 Å². The Morgan fingerprint density at radius 3 is 2.61 bits per heavy atom. The van der Waals surface area contributed by atoms with Crippen LogP contribution in [0.2, 0.25) is 5.02 Å². The van der Waals surface area contributed by atoms with E-state index in [1.165, 1.54) is 24.5 Å². The Bertz CT molecular complexity index is 860. The Kier molecular flexibility index (Phi) is 6.64. The minimum atomic E-state index is -0.153. The molecule has 2 N–H and O–H groups in total. The standard InChI is InChI=1S/C19H21ClN4O3S/c1-12(25)21-11-15-3-4-16(28-15)19(27)24-8-6-13(7-9-24)18(26)23-17-5-2-14(20)10-22-17/h2-5,10,13H,6-9,11H2,1H3,(H,21,25)(H,22,23,26). The Labute approximate surface area is 172 Å². The number of piperidine rings is 1. The summed E-state index contributed by atoms with van der Waals surface area (Å²) in [5.74, 6) is 0.0988. The van der Waals surface area contributed by atoms with Crippen LogP contribution in [0.5, 0.6) is 0 Å². The first kappa shape index (κ1) is 20.3. The van der Waals surface area contributed by atoms with Gasteiger partial charge in [-0.1, -0.05) is 11.6 Å². The van der Waals surface area contributed by atoms with Crippen molar-refractivity contribution in [2.75, 3.05) is 18.4 Å². The van der Waals surface area contributed by atoms with E-state index in [0.29, 0.717) is 48.2 Å². The molecule has 0 bridgehead atoms. The number of aromatic nitrogens is 1. The van der Waals surface area contributed by atoms with E-state index in [0.717, 1.165) is 4.88 Å². The number of rotatable bonds is 5. The highest BCUT2D eigenvalue weighted by Gasteiger charge is 2.28. The number of likely N-dealkylation sites (tertiary alicyclic amines) is 1. The Hall–Kier alpha value is -2.45. The van der Waals surface area contributed by atoms with Crippen molar-refractivity contribution in [1.82, 2.24) is 15.2 Å². The van der Waals surface area contributed by atoms with Crippen LogP contribution in [0.1, 0.15) is 34.3 Å². The maximum Gasteiger partial charge on any atom is 0.263 e. The second kappa shape index (κ2) is 9.16. The number of carbonyl (C=O) groups is 3. The molecule has 0 saturated carbocycles. The summed E-state index contributed by atoms with van der Waals surface area (Å²) in [6, 6.07) is 6.98. The van der Waals surface area contributed by atoms with Crippen molar-refractivity contribution in [3.63, 3.8) is 0 Å². The molecule has 0 radical (unpaired) electrons. The summed E-state index contributed by atoms with van der Waals surface area (Å²) in [6.07, 6.45) is 2.70. The molecule has 1 saturated heterocycles. The first-order chi connectivity index (χ1) is 13.4. The quantitative estimate of drug-likeness (QED) is 0.777. The average molecular weight is 421 g/mol. The number of pyridine rings is 1. The molecule has 28 heavy (non-hydrogen) atoms. The monoisotopic (exact) mass is 420 g/mol. The van der Waals surface area contributed by atoms with Crippen molar-refractivity contribution in [2.45, 2.75) is 26.3 Å². The average Bonchev–Trinajstić information content (AvgIpc) is 3.17. The van der Waals surface area contributed by atoms with Gasteiger partial charge in [0.2, 0.25) is 11.8 Å². The van der Waals surface area contributed by atoms with Gasteiger partial charge in [0.05, 0.1) is 16.4 Å². The summed E-state index contributed by atoms with van der Waals surface area (Å²) in [6.45, 7) is 2.95. The molecule has 0 spiro atoms.